The van der Waals surface area contributed by atoms with Gasteiger partial charge in [0.1, 0.15) is 18.5 Å². The van der Waals surface area contributed by atoms with Crippen LogP contribution in [0.3, 0.4) is 0 Å². The van der Waals surface area contributed by atoms with E-state index in [1.165, 1.54) is 0 Å². The van der Waals surface area contributed by atoms with Crippen LogP contribution in [0, 0.1) is 0 Å². The molecule has 2 aliphatic rings. The van der Waals surface area contributed by atoms with Crippen LogP contribution >= 0.6 is 23.2 Å². The van der Waals surface area contributed by atoms with Gasteiger partial charge >= 0.3 is 0 Å². The molecule has 3 atom stereocenters. The normalized spacial score (nSPS) is 20.7. The third-order valence-corrected chi connectivity index (χ3v) is 7.36. The molecule has 1 amide bonds. The third kappa shape index (κ3) is 6.38. The molecule has 196 valence electrons. The minimum Gasteiger partial charge on any atom is -0.491 e. The first-order valence-electron chi connectivity index (χ1n) is 12.4. The van der Waals surface area contributed by atoms with Gasteiger partial charge in [-0.1, -0.05) is 29.3 Å². The number of ether oxygens (including phenoxy) is 3. The van der Waals surface area contributed by atoms with E-state index in [2.05, 4.69) is 22.0 Å². The largest absolute Gasteiger partial charge is 0.491 e. The summed E-state index contributed by atoms with van der Waals surface area (Å²) in [6, 6.07) is 13.5. The topological polar surface area (TPSA) is 69.1 Å². The van der Waals surface area contributed by atoms with E-state index < -0.39 is 6.29 Å². The summed E-state index contributed by atoms with van der Waals surface area (Å²) in [5, 5.41) is 1.16. The third-order valence-electron chi connectivity index (χ3n) is 6.79. The number of halogens is 2. The summed E-state index contributed by atoms with van der Waals surface area (Å²) in [6.07, 6.45) is 4.72. The van der Waals surface area contributed by atoms with E-state index in [9.17, 15) is 4.79 Å². The second kappa shape index (κ2) is 11.7. The first-order chi connectivity index (χ1) is 18.0. The zero-order chi connectivity index (χ0) is 25.8. The van der Waals surface area contributed by atoms with Crippen LogP contribution in [-0.2, 0) is 20.8 Å². The molecule has 0 radical (unpaired) electrons. The number of hydrogen-bond acceptors (Lipinski definition) is 6. The summed E-state index contributed by atoms with van der Waals surface area (Å²) in [6.45, 7) is 6.16. The van der Waals surface area contributed by atoms with Crippen LogP contribution in [0.2, 0.25) is 10.0 Å². The molecule has 2 fully saturated rings. The van der Waals surface area contributed by atoms with Gasteiger partial charge in [0, 0.05) is 67.8 Å². The van der Waals surface area contributed by atoms with E-state index in [4.69, 9.17) is 37.4 Å². The number of benzene rings is 2. The van der Waals surface area contributed by atoms with Gasteiger partial charge in [-0.25, -0.2) is 4.98 Å². The van der Waals surface area contributed by atoms with E-state index in [0.29, 0.717) is 29.8 Å². The van der Waals surface area contributed by atoms with Crippen LogP contribution in [0.1, 0.15) is 18.4 Å². The van der Waals surface area contributed by atoms with Crippen molar-refractivity contribution in [2.75, 3.05) is 44.3 Å². The van der Waals surface area contributed by atoms with Crippen LogP contribution in [0.4, 0.5) is 5.69 Å². The van der Waals surface area contributed by atoms with E-state index in [1.54, 1.807) is 25.5 Å². The number of hydrogen-bond donors (Lipinski definition) is 0. The van der Waals surface area contributed by atoms with Gasteiger partial charge in [0.15, 0.2) is 6.29 Å². The van der Waals surface area contributed by atoms with E-state index in [0.717, 1.165) is 43.2 Å². The lowest BCUT2D eigenvalue weighted by Gasteiger charge is -2.35. The van der Waals surface area contributed by atoms with Crippen molar-refractivity contribution in [3.05, 3.63) is 76.8 Å². The number of carbonyl (C=O) groups excluding carboxylic acids is 1. The van der Waals surface area contributed by atoms with Crippen LogP contribution in [0.15, 0.2) is 61.2 Å². The Morgan fingerprint density at radius 2 is 1.92 bits per heavy atom. The quantitative estimate of drug-likeness (QED) is 0.417. The minimum atomic E-state index is -0.481. The van der Waals surface area contributed by atoms with Crippen LogP contribution in [0.5, 0.6) is 5.75 Å². The first kappa shape index (κ1) is 25.9. The fourth-order valence-electron chi connectivity index (χ4n) is 4.75. The summed E-state index contributed by atoms with van der Waals surface area (Å²) in [5.41, 5.74) is 2.03. The number of nitrogens with zero attached hydrogens (tertiary/aromatic N) is 4. The van der Waals surface area contributed by atoms with Gasteiger partial charge in [0.2, 0.25) is 5.91 Å². The Balaban J connectivity index is 1.17. The smallest absolute Gasteiger partial charge is 0.219 e. The molecule has 0 spiro atoms. The lowest BCUT2D eigenvalue weighted by atomic mass is 9.98. The van der Waals surface area contributed by atoms with Gasteiger partial charge in [0.25, 0.3) is 0 Å². The number of imidazole rings is 1. The Morgan fingerprint density at radius 3 is 2.59 bits per heavy atom. The minimum absolute atomic E-state index is 0.132. The first-order valence-corrected chi connectivity index (χ1v) is 13.1. The number of piperazine rings is 1. The molecule has 2 saturated heterocycles. The summed E-state index contributed by atoms with van der Waals surface area (Å²) < 4.78 is 20.3. The van der Waals surface area contributed by atoms with Gasteiger partial charge in [-0.15, -0.1) is 0 Å². The van der Waals surface area contributed by atoms with Crippen molar-refractivity contribution in [3.8, 4) is 5.75 Å². The van der Waals surface area contributed by atoms with Gasteiger partial charge < -0.3 is 28.6 Å². The maximum absolute atomic E-state index is 11.6. The second-order valence-corrected chi connectivity index (χ2v) is 10.1. The number of rotatable bonds is 8. The highest BCUT2D eigenvalue weighted by atomic mass is 35.5. The lowest BCUT2D eigenvalue weighted by Crippen LogP contribution is -2.48. The molecule has 1 aromatic heterocycles. The zero-order valence-electron chi connectivity index (χ0n) is 20.6. The highest BCUT2D eigenvalue weighted by Gasteiger charge is 2.35. The molecule has 2 aromatic carbocycles. The van der Waals surface area contributed by atoms with E-state index >= 15 is 0 Å². The Kier molecular flexibility index (Phi) is 8.20. The SMILES string of the molecule is CC(=O)N1CCN(c2ccc(OCC3COC(C(Cn4ccnc4)c4ccc(Cl)cc4Cl)O3)cc2)CC1. The molecular formula is C27H30Cl2N4O4. The van der Waals surface area contributed by atoms with Gasteiger partial charge in [-0.2, -0.15) is 0 Å². The molecule has 0 bridgehead atoms. The number of amides is 1. The van der Waals surface area contributed by atoms with Gasteiger partial charge in [-0.05, 0) is 42.0 Å². The molecule has 0 saturated carbocycles. The van der Waals surface area contributed by atoms with Gasteiger partial charge in [0.05, 0.1) is 18.9 Å². The molecule has 37 heavy (non-hydrogen) atoms. The molecule has 10 heteroatoms. The van der Waals surface area contributed by atoms with Crippen molar-refractivity contribution in [1.82, 2.24) is 14.5 Å². The summed E-state index contributed by atoms with van der Waals surface area (Å²) in [5.74, 6) is 0.758. The fourth-order valence-corrected chi connectivity index (χ4v) is 5.29. The van der Waals surface area contributed by atoms with Crippen molar-refractivity contribution in [2.24, 2.45) is 0 Å². The zero-order valence-corrected chi connectivity index (χ0v) is 22.1. The Bertz CT molecular complexity index is 1180. The molecule has 3 heterocycles. The van der Waals surface area contributed by atoms with Gasteiger partial charge in [-0.3, -0.25) is 4.79 Å². The maximum Gasteiger partial charge on any atom is 0.219 e. The number of anilines is 1. The fraction of sp³-hybridized carbons (Fsp3) is 0.407. The summed E-state index contributed by atoms with van der Waals surface area (Å²) >= 11 is 12.7. The summed E-state index contributed by atoms with van der Waals surface area (Å²) in [4.78, 5) is 19.9. The van der Waals surface area contributed by atoms with Crippen molar-refractivity contribution < 1.29 is 19.0 Å². The number of carbonyl (C=O) groups is 1. The second-order valence-electron chi connectivity index (χ2n) is 9.29. The van der Waals surface area contributed by atoms with E-state index in [1.807, 2.05) is 39.9 Å². The molecule has 0 aliphatic carbocycles. The van der Waals surface area contributed by atoms with Crippen molar-refractivity contribution in [1.29, 1.82) is 0 Å². The molecule has 8 nitrogen and oxygen atoms in total. The van der Waals surface area contributed by atoms with Crippen LogP contribution < -0.4 is 9.64 Å². The number of aromatic nitrogens is 2. The molecule has 5 rings (SSSR count). The lowest BCUT2D eigenvalue weighted by molar-refractivity contribution is -0.129. The Morgan fingerprint density at radius 1 is 1.14 bits per heavy atom. The van der Waals surface area contributed by atoms with Crippen molar-refractivity contribution in [3.63, 3.8) is 0 Å². The van der Waals surface area contributed by atoms with Crippen LogP contribution in [-0.4, -0.2) is 72.1 Å². The Labute approximate surface area is 226 Å². The monoisotopic (exact) mass is 544 g/mol. The van der Waals surface area contributed by atoms with E-state index in [-0.39, 0.29) is 17.9 Å². The van der Waals surface area contributed by atoms with Crippen molar-refractivity contribution >= 4 is 34.8 Å². The summed E-state index contributed by atoms with van der Waals surface area (Å²) in [7, 11) is 0. The van der Waals surface area contributed by atoms with Crippen molar-refractivity contribution in [2.45, 2.75) is 31.8 Å². The molecule has 3 unspecified atom stereocenters. The molecule has 3 aromatic rings. The Hall–Kier alpha value is -2.78. The highest BCUT2D eigenvalue weighted by molar-refractivity contribution is 6.35. The molecule has 2 aliphatic heterocycles. The maximum atomic E-state index is 11.6. The standard InChI is InChI=1S/C27H30Cl2N4O4/c1-19(34)32-10-12-33(13-11-32)21-3-5-22(6-4-21)35-16-23-17-36-27(37-23)25(15-31-9-8-30-18-31)24-7-2-20(28)14-26(24)29/h2-9,14,18,23,25,27H,10-13,15-17H2,1H3. The average Bonchev–Trinajstić information content (AvgIpc) is 3.59. The average molecular weight is 545 g/mol. The highest BCUT2D eigenvalue weighted by Crippen LogP contribution is 2.35. The van der Waals surface area contributed by atoms with Crippen LogP contribution in [0.25, 0.3) is 0 Å². The molecule has 0 N–H and O–H groups in total. The molecular weight excluding hydrogens is 515 g/mol. The predicted molar refractivity (Wildman–Crippen MR) is 142 cm³/mol. The predicted octanol–water partition coefficient (Wildman–Crippen LogP) is 4.46.